The van der Waals surface area contributed by atoms with Crippen LogP contribution in [0.4, 0.5) is 0 Å². The minimum absolute atomic E-state index is 0.491. The predicted molar refractivity (Wildman–Crippen MR) is 33.7 cm³/mol. The summed E-state index contributed by atoms with van der Waals surface area (Å²) in [4.78, 5) is 0. The molecule has 1 nitrogen and oxygen atoms in total. The summed E-state index contributed by atoms with van der Waals surface area (Å²) in [5.74, 6) is 1.53. The predicted octanol–water partition coefficient (Wildman–Crippen LogP) is 1.68. The van der Waals surface area contributed by atoms with E-state index in [4.69, 9.17) is 4.74 Å². The average molecular weight is 114 g/mol. The van der Waals surface area contributed by atoms with E-state index in [1.54, 1.807) is 0 Å². The number of hydrogen-bond acceptors (Lipinski definition) is 1. The second-order valence-electron chi connectivity index (χ2n) is 2.87. The van der Waals surface area contributed by atoms with Gasteiger partial charge in [0.25, 0.3) is 0 Å². The van der Waals surface area contributed by atoms with E-state index in [1.165, 1.54) is 0 Å². The van der Waals surface area contributed by atoms with Gasteiger partial charge in [0, 0.05) is 6.61 Å². The zero-order valence-electron chi connectivity index (χ0n) is 5.85. The topological polar surface area (TPSA) is 9.23 Å². The Hall–Kier alpha value is -0.0400. The zero-order chi connectivity index (χ0) is 6.15. The molecule has 0 bridgehead atoms. The largest absolute Gasteiger partial charge is 0.378 e. The fourth-order valence-corrected chi connectivity index (χ4v) is 1.07. The molecule has 1 saturated heterocycles. The molecule has 1 fully saturated rings. The lowest BCUT2D eigenvalue weighted by Crippen LogP contribution is -2.10. The van der Waals surface area contributed by atoms with Gasteiger partial charge in [-0.25, -0.2) is 0 Å². The van der Waals surface area contributed by atoms with E-state index in [0.717, 1.165) is 18.4 Å². The smallest absolute Gasteiger partial charge is 0.0576 e. The summed E-state index contributed by atoms with van der Waals surface area (Å²) in [7, 11) is 0. The third-order valence-corrected chi connectivity index (χ3v) is 2.26. The van der Waals surface area contributed by atoms with Gasteiger partial charge >= 0.3 is 0 Å². The van der Waals surface area contributed by atoms with Gasteiger partial charge in [-0.1, -0.05) is 13.8 Å². The van der Waals surface area contributed by atoms with Crippen LogP contribution in [0.5, 0.6) is 0 Å². The van der Waals surface area contributed by atoms with Gasteiger partial charge in [0.05, 0.1) is 6.10 Å². The maximum atomic E-state index is 5.38. The molecule has 1 unspecified atom stereocenters. The fourth-order valence-electron chi connectivity index (χ4n) is 1.07. The van der Waals surface area contributed by atoms with Gasteiger partial charge in [0.1, 0.15) is 0 Å². The van der Waals surface area contributed by atoms with Crippen molar-refractivity contribution in [3.63, 3.8) is 0 Å². The highest BCUT2D eigenvalue weighted by Gasteiger charge is 2.26. The van der Waals surface area contributed by atoms with Crippen LogP contribution in [-0.2, 0) is 4.74 Å². The quantitative estimate of drug-likeness (QED) is 0.465. The van der Waals surface area contributed by atoms with Gasteiger partial charge in [-0.3, -0.25) is 0 Å². The van der Waals surface area contributed by atoms with E-state index in [1.807, 2.05) is 0 Å². The lowest BCUT2D eigenvalue weighted by atomic mass is 9.96. The van der Waals surface area contributed by atoms with Crippen LogP contribution in [-0.4, -0.2) is 12.7 Å². The van der Waals surface area contributed by atoms with Gasteiger partial charge in [-0.05, 0) is 18.8 Å². The van der Waals surface area contributed by atoms with Crippen LogP contribution in [0.15, 0.2) is 0 Å². The molecule has 0 N–H and O–H groups in total. The van der Waals surface area contributed by atoms with Gasteiger partial charge in [0.15, 0.2) is 0 Å². The molecule has 0 aromatic carbocycles. The van der Waals surface area contributed by atoms with Crippen LogP contribution in [0.1, 0.15) is 20.8 Å². The summed E-state index contributed by atoms with van der Waals surface area (Å²) < 4.78 is 5.38. The molecule has 3 atom stereocenters. The maximum Gasteiger partial charge on any atom is 0.0576 e. The minimum Gasteiger partial charge on any atom is -0.378 e. The molecular formula is C7H14O. The fraction of sp³-hybridized carbons (Fsp3) is 1.00. The van der Waals surface area contributed by atoms with Crippen LogP contribution < -0.4 is 0 Å². The van der Waals surface area contributed by atoms with Crippen molar-refractivity contribution in [2.45, 2.75) is 26.9 Å². The first-order valence-electron chi connectivity index (χ1n) is 3.33. The first-order valence-corrected chi connectivity index (χ1v) is 3.33. The molecule has 48 valence electrons. The summed E-state index contributed by atoms with van der Waals surface area (Å²) in [5, 5.41) is 0. The maximum absolute atomic E-state index is 5.38. The third kappa shape index (κ3) is 0.873. The Morgan fingerprint density at radius 3 is 2.00 bits per heavy atom. The molecule has 1 heterocycles. The molecule has 0 aromatic heterocycles. The zero-order valence-corrected chi connectivity index (χ0v) is 5.85. The number of rotatable bonds is 0. The van der Waals surface area contributed by atoms with E-state index in [-0.39, 0.29) is 0 Å². The molecule has 8 heavy (non-hydrogen) atoms. The molecule has 0 spiro atoms. The molecule has 0 saturated carbocycles. The summed E-state index contributed by atoms with van der Waals surface area (Å²) in [5.41, 5.74) is 0. The molecular weight excluding hydrogens is 100 g/mol. The SMILES string of the molecule is CC1[C@H](C)CO[C@@H]1C. The van der Waals surface area contributed by atoms with E-state index < -0.39 is 0 Å². The first-order chi connectivity index (χ1) is 3.72. The molecule has 0 amide bonds. The monoisotopic (exact) mass is 114 g/mol. The Bertz CT molecular complexity index is 70.5. The van der Waals surface area contributed by atoms with E-state index in [2.05, 4.69) is 20.8 Å². The Balaban J connectivity index is 2.44. The first kappa shape index (κ1) is 6.09. The van der Waals surface area contributed by atoms with Crippen molar-refractivity contribution in [2.24, 2.45) is 11.8 Å². The van der Waals surface area contributed by atoms with E-state index >= 15 is 0 Å². The van der Waals surface area contributed by atoms with Crippen LogP contribution in [0.3, 0.4) is 0 Å². The van der Waals surface area contributed by atoms with E-state index in [9.17, 15) is 0 Å². The Morgan fingerprint density at radius 1 is 1.25 bits per heavy atom. The van der Waals surface area contributed by atoms with Gasteiger partial charge in [0.2, 0.25) is 0 Å². The second kappa shape index (κ2) is 2.06. The van der Waals surface area contributed by atoms with Crippen LogP contribution >= 0.6 is 0 Å². The van der Waals surface area contributed by atoms with Crippen molar-refractivity contribution in [3.05, 3.63) is 0 Å². The number of ether oxygens (including phenoxy) is 1. The molecule has 1 rings (SSSR count). The highest BCUT2D eigenvalue weighted by atomic mass is 16.5. The van der Waals surface area contributed by atoms with Crippen molar-refractivity contribution in [1.29, 1.82) is 0 Å². The molecule has 1 aliphatic heterocycles. The average Bonchev–Trinajstić information content (AvgIpc) is 1.98. The van der Waals surface area contributed by atoms with Crippen molar-refractivity contribution >= 4 is 0 Å². The lowest BCUT2D eigenvalue weighted by molar-refractivity contribution is 0.108. The standard InChI is InChI=1S/C7H14O/c1-5-4-8-7(3)6(5)2/h5-7H,4H2,1-3H3/t5-,6?,7-/m1/s1. The van der Waals surface area contributed by atoms with Crippen LogP contribution in [0.25, 0.3) is 0 Å². The molecule has 1 aliphatic rings. The normalized spacial score (nSPS) is 47.6. The second-order valence-corrected chi connectivity index (χ2v) is 2.87. The van der Waals surface area contributed by atoms with Gasteiger partial charge < -0.3 is 4.74 Å². The summed E-state index contributed by atoms with van der Waals surface area (Å²) in [6.07, 6.45) is 0.491. The summed E-state index contributed by atoms with van der Waals surface area (Å²) >= 11 is 0. The van der Waals surface area contributed by atoms with Crippen molar-refractivity contribution in [3.8, 4) is 0 Å². The Labute approximate surface area is 51.0 Å². The van der Waals surface area contributed by atoms with Crippen molar-refractivity contribution < 1.29 is 4.74 Å². The lowest BCUT2D eigenvalue weighted by Gasteiger charge is -2.09. The molecule has 0 aliphatic carbocycles. The molecule has 1 heteroatoms. The minimum atomic E-state index is 0.491. The molecule has 0 radical (unpaired) electrons. The van der Waals surface area contributed by atoms with Crippen LogP contribution in [0, 0.1) is 11.8 Å². The van der Waals surface area contributed by atoms with Crippen LogP contribution in [0.2, 0.25) is 0 Å². The Kier molecular flexibility index (Phi) is 1.57. The van der Waals surface area contributed by atoms with E-state index in [0.29, 0.717) is 6.10 Å². The molecule has 0 aromatic rings. The van der Waals surface area contributed by atoms with Gasteiger partial charge in [-0.2, -0.15) is 0 Å². The Morgan fingerprint density at radius 2 is 1.88 bits per heavy atom. The summed E-state index contributed by atoms with van der Waals surface area (Å²) in [6, 6.07) is 0. The van der Waals surface area contributed by atoms with Gasteiger partial charge in [-0.15, -0.1) is 0 Å². The van der Waals surface area contributed by atoms with Crippen molar-refractivity contribution in [2.75, 3.05) is 6.61 Å². The summed E-state index contributed by atoms with van der Waals surface area (Å²) in [6.45, 7) is 7.60. The number of hydrogen-bond donors (Lipinski definition) is 0. The highest BCUT2D eigenvalue weighted by Crippen LogP contribution is 2.24. The van der Waals surface area contributed by atoms with Crippen molar-refractivity contribution in [1.82, 2.24) is 0 Å². The highest BCUT2D eigenvalue weighted by molar-refractivity contribution is 4.73. The third-order valence-electron chi connectivity index (χ3n) is 2.26.